The Labute approximate surface area is 180 Å². The van der Waals surface area contributed by atoms with Gasteiger partial charge in [-0.1, -0.05) is 41.9 Å². The van der Waals surface area contributed by atoms with E-state index in [1.54, 1.807) is 45.2 Å². The summed E-state index contributed by atoms with van der Waals surface area (Å²) in [5.41, 5.74) is 0.455. The van der Waals surface area contributed by atoms with Crippen LogP contribution < -0.4 is 15.4 Å². The van der Waals surface area contributed by atoms with Crippen molar-refractivity contribution in [2.75, 3.05) is 13.7 Å². The van der Waals surface area contributed by atoms with Crippen LogP contribution >= 0.6 is 11.6 Å². The number of halogens is 1. The molecule has 8 heteroatoms. The molecule has 1 saturated heterocycles. The SMILES string of the molecule is COc1ccccc1CC1(C)NC(=O)N(CC(=O)NC(C)c2cccc(Cl)c2)C1=O. The number of nitrogens with zero attached hydrogens (tertiary/aromatic N) is 1. The van der Waals surface area contributed by atoms with Crippen molar-refractivity contribution >= 4 is 29.4 Å². The molecule has 158 valence electrons. The molecule has 4 amide bonds. The summed E-state index contributed by atoms with van der Waals surface area (Å²) in [7, 11) is 1.55. The van der Waals surface area contributed by atoms with Crippen LogP contribution in [0.3, 0.4) is 0 Å². The number of rotatable bonds is 7. The zero-order chi connectivity index (χ0) is 21.9. The molecule has 0 radical (unpaired) electrons. The molecule has 0 spiro atoms. The fraction of sp³-hybridized carbons (Fsp3) is 0.318. The fourth-order valence-electron chi connectivity index (χ4n) is 3.53. The van der Waals surface area contributed by atoms with Crippen LogP contribution in [0.2, 0.25) is 5.02 Å². The smallest absolute Gasteiger partial charge is 0.325 e. The maximum absolute atomic E-state index is 13.0. The average Bonchev–Trinajstić information content (AvgIpc) is 2.91. The van der Waals surface area contributed by atoms with Crippen LogP contribution in [0.4, 0.5) is 4.79 Å². The summed E-state index contributed by atoms with van der Waals surface area (Å²) in [5.74, 6) is -0.260. The maximum atomic E-state index is 13.0. The van der Waals surface area contributed by atoms with Gasteiger partial charge in [0.25, 0.3) is 5.91 Å². The lowest BCUT2D eigenvalue weighted by atomic mass is 9.92. The second kappa shape index (κ2) is 8.75. The number of carbonyl (C=O) groups excluding carboxylic acids is 3. The number of nitrogens with one attached hydrogen (secondary N) is 2. The van der Waals surface area contributed by atoms with Gasteiger partial charge >= 0.3 is 6.03 Å². The van der Waals surface area contributed by atoms with Gasteiger partial charge in [-0.15, -0.1) is 0 Å². The fourth-order valence-corrected chi connectivity index (χ4v) is 3.73. The van der Waals surface area contributed by atoms with Crippen molar-refractivity contribution in [1.82, 2.24) is 15.5 Å². The Morgan fingerprint density at radius 3 is 2.67 bits per heavy atom. The largest absolute Gasteiger partial charge is 0.496 e. The summed E-state index contributed by atoms with van der Waals surface area (Å²) in [5, 5.41) is 6.07. The van der Waals surface area contributed by atoms with Crippen LogP contribution in [0.15, 0.2) is 48.5 Å². The lowest BCUT2D eigenvalue weighted by Gasteiger charge is -2.23. The monoisotopic (exact) mass is 429 g/mol. The summed E-state index contributed by atoms with van der Waals surface area (Å²) >= 11 is 5.99. The third kappa shape index (κ3) is 4.57. The van der Waals surface area contributed by atoms with Gasteiger partial charge in [-0.05, 0) is 43.2 Å². The number of amides is 4. The molecular formula is C22H24ClN3O4. The molecule has 3 rings (SSSR count). The molecule has 0 aromatic heterocycles. The number of para-hydroxylation sites is 1. The standard InChI is InChI=1S/C22H24ClN3O4/c1-14(15-8-6-9-17(23)11-15)24-19(27)13-26-20(28)22(2,25-21(26)29)12-16-7-4-5-10-18(16)30-3/h4-11,14H,12-13H2,1-3H3,(H,24,27)(H,25,29). The minimum Gasteiger partial charge on any atom is -0.496 e. The van der Waals surface area contributed by atoms with Crippen molar-refractivity contribution in [3.63, 3.8) is 0 Å². The summed E-state index contributed by atoms with van der Waals surface area (Å²) in [6, 6.07) is 13.5. The van der Waals surface area contributed by atoms with Crippen molar-refractivity contribution < 1.29 is 19.1 Å². The number of hydrogen-bond acceptors (Lipinski definition) is 4. The van der Waals surface area contributed by atoms with Gasteiger partial charge in [0.05, 0.1) is 13.2 Å². The number of urea groups is 1. The van der Waals surface area contributed by atoms with Gasteiger partial charge in [0.2, 0.25) is 5.91 Å². The van der Waals surface area contributed by atoms with E-state index in [9.17, 15) is 14.4 Å². The van der Waals surface area contributed by atoms with Gasteiger partial charge in [0.1, 0.15) is 17.8 Å². The first-order valence-electron chi connectivity index (χ1n) is 9.54. The molecule has 2 atom stereocenters. The second-order valence-corrected chi connectivity index (χ2v) is 7.92. The number of hydrogen-bond donors (Lipinski definition) is 2. The van der Waals surface area contributed by atoms with E-state index in [1.165, 1.54) is 0 Å². The highest BCUT2D eigenvalue weighted by Gasteiger charge is 2.48. The van der Waals surface area contributed by atoms with E-state index >= 15 is 0 Å². The molecule has 2 aromatic carbocycles. The van der Waals surface area contributed by atoms with E-state index in [4.69, 9.17) is 16.3 Å². The minimum absolute atomic E-state index is 0.249. The molecule has 2 aromatic rings. The van der Waals surface area contributed by atoms with Crippen LogP contribution in [-0.4, -0.2) is 41.9 Å². The first-order valence-corrected chi connectivity index (χ1v) is 9.92. The molecule has 0 aliphatic carbocycles. The number of methoxy groups -OCH3 is 1. The van der Waals surface area contributed by atoms with Crippen LogP contribution in [0.25, 0.3) is 0 Å². The number of imide groups is 1. The Bertz CT molecular complexity index is 980. The van der Waals surface area contributed by atoms with Gasteiger partial charge in [-0.3, -0.25) is 14.5 Å². The van der Waals surface area contributed by atoms with Crippen molar-refractivity contribution in [1.29, 1.82) is 0 Å². The van der Waals surface area contributed by atoms with Crippen molar-refractivity contribution in [2.24, 2.45) is 0 Å². The topological polar surface area (TPSA) is 87.7 Å². The number of carbonyl (C=O) groups is 3. The Balaban J connectivity index is 1.67. The summed E-state index contributed by atoms with van der Waals surface area (Å²) in [4.78, 5) is 38.9. The molecule has 1 aliphatic heterocycles. The molecule has 0 saturated carbocycles. The van der Waals surface area contributed by atoms with Gasteiger partial charge < -0.3 is 15.4 Å². The van der Waals surface area contributed by atoms with Crippen molar-refractivity contribution in [3.8, 4) is 5.75 Å². The molecule has 7 nitrogen and oxygen atoms in total. The first kappa shape index (κ1) is 21.6. The molecule has 1 heterocycles. The summed E-state index contributed by atoms with van der Waals surface area (Å²) in [6.45, 7) is 3.09. The Kier molecular flexibility index (Phi) is 6.31. The highest BCUT2D eigenvalue weighted by Crippen LogP contribution is 2.27. The Morgan fingerprint density at radius 1 is 1.23 bits per heavy atom. The molecular weight excluding hydrogens is 406 g/mol. The lowest BCUT2D eigenvalue weighted by molar-refractivity contribution is -0.134. The molecule has 2 unspecified atom stereocenters. The Hall–Kier alpha value is -3.06. The second-order valence-electron chi connectivity index (χ2n) is 7.49. The van der Waals surface area contributed by atoms with Crippen LogP contribution in [0, 0.1) is 0 Å². The predicted molar refractivity (Wildman–Crippen MR) is 113 cm³/mol. The highest BCUT2D eigenvalue weighted by atomic mass is 35.5. The molecule has 1 fully saturated rings. The van der Waals surface area contributed by atoms with E-state index in [2.05, 4.69) is 10.6 Å². The maximum Gasteiger partial charge on any atom is 0.325 e. The van der Waals surface area contributed by atoms with Gasteiger partial charge in [-0.25, -0.2) is 4.79 Å². The normalized spacial score (nSPS) is 19.4. The van der Waals surface area contributed by atoms with Crippen LogP contribution in [-0.2, 0) is 16.0 Å². The third-order valence-corrected chi connectivity index (χ3v) is 5.34. The van der Waals surface area contributed by atoms with E-state index in [1.807, 2.05) is 24.3 Å². The van der Waals surface area contributed by atoms with E-state index in [0.717, 1.165) is 16.0 Å². The summed E-state index contributed by atoms with van der Waals surface area (Å²) in [6.07, 6.45) is 0.249. The number of benzene rings is 2. The minimum atomic E-state index is -1.16. The van der Waals surface area contributed by atoms with Gasteiger partial charge in [-0.2, -0.15) is 0 Å². The van der Waals surface area contributed by atoms with Crippen molar-refractivity contribution in [3.05, 3.63) is 64.7 Å². The van der Waals surface area contributed by atoms with E-state index in [-0.39, 0.29) is 19.0 Å². The van der Waals surface area contributed by atoms with Gasteiger partial charge in [0.15, 0.2) is 0 Å². The summed E-state index contributed by atoms with van der Waals surface area (Å²) < 4.78 is 5.34. The van der Waals surface area contributed by atoms with Gasteiger partial charge in [0, 0.05) is 11.4 Å². The lowest BCUT2D eigenvalue weighted by Crippen LogP contribution is -2.47. The molecule has 0 bridgehead atoms. The Morgan fingerprint density at radius 2 is 1.97 bits per heavy atom. The predicted octanol–water partition coefficient (Wildman–Crippen LogP) is 3.08. The van der Waals surface area contributed by atoms with Crippen LogP contribution in [0.5, 0.6) is 5.75 Å². The zero-order valence-corrected chi connectivity index (χ0v) is 17.8. The van der Waals surface area contributed by atoms with E-state index < -0.39 is 23.4 Å². The zero-order valence-electron chi connectivity index (χ0n) is 17.1. The average molecular weight is 430 g/mol. The van der Waals surface area contributed by atoms with Crippen molar-refractivity contribution in [2.45, 2.75) is 31.8 Å². The highest BCUT2D eigenvalue weighted by molar-refractivity contribution is 6.30. The third-order valence-electron chi connectivity index (χ3n) is 5.11. The first-order chi connectivity index (χ1) is 14.2. The van der Waals surface area contributed by atoms with Crippen LogP contribution in [0.1, 0.15) is 31.0 Å². The molecule has 30 heavy (non-hydrogen) atoms. The number of ether oxygens (including phenoxy) is 1. The quantitative estimate of drug-likeness (QED) is 0.662. The van der Waals surface area contributed by atoms with E-state index in [0.29, 0.717) is 10.8 Å². The molecule has 2 N–H and O–H groups in total. The molecule has 1 aliphatic rings.